The number of hydrogen-bond donors (Lipinski definition) is 1. The van der Waals surface area contributed by atoms with E-state index in [2.05, 4.69) is 5.32 Å². The van der Waals surface area contributed by atoms with Crippen LogP contribution in [0.25, 0.3) is 0 Å². The van der Waals surface area contributed by atoms with Gasteiger partial charge in [-0.2, -0.15) is 0 Å². The molecule has 4 fully saturated rings. The van der Waals surface area contributed by atoms with E-state index in [1.165, 1.54) is 50.5 Å². The van der Waals surface area contributed by atoms with E-state index in [4.69, 9.17) is 0 Å². The van der Waals surface area contributed by atoms with Crippen LogP contribution >= 0.6 is 0 Å². The number of carbonyl (C=O) groups excluding carboxylic acids is 1. The van der Waals surface area contributed by atoms with Gasteiger partial charge in [0.05, 0.1) is 4.90 Å². The van der Waals surface area contributed by atoms with E-state index in [9.17, 15) is 13.2 Å². The quantitative estimate of drug-likeness (QED) is 0.925. The minimum Gasteiger partial charge on any atom is -0.349 e. The number of nitrogens with one attached hydrogen (secondary N) is 1. The Morgan fingerprint density at radius 3 is 1.96 bits per heavy atom. The van der Waals surface area contributed by atoms with Crippen molar-refractivity contribution < 1.29 is 13.2 Å². The van der Waals surface area contributed by atoms with Crippen LogP contribution in [0.2, 0.25) is 0 Å². The van der Waals surface area contributed by atoms with Gasteiger partial charge in [0.15, 0.2) is 9.84 Å². The third-order valence-corrected chi connectivity index (χ3v) is 7.20. The molecule has 0 radical (unpaired) electrons. The highest BCUT2D eigenvalue weighted by Crippen LogP contribution is 2.53. The fourth-order valence-electron chi connectivity index (χ4n) is 5.25. The van der Waals surface area contributed by atoms with Gasteiger partial charge >= 0.3 is 0 Å². The lowest BCUT2D eigenvalue weighted by Gasteiger charge is -2.54. The summed E-state index contributed by atoms with van der Waals surface area (Å²) in [6.07, 6.45) is 7.66. The van der Waals surface area contributed by atoms with Gasteiger partial charge in [0.2, 0.25) is 0 Å². The van der Waals surface area contributed by atoms with Crippen molar-refractivity contribution in [3.63, 3.8) is 0 Å². The molecule has 23 heavy (non-hydrogen) atoms. The van der Waals surface area contributed by atoms with Gasteiger partial charge in [-0.15, -0.1) is 0 Å². The highest BCUT2D eigenvalue weighted by molar-refractivity contribution is 7.90. The lowest BCUT2D eigenvalue weighted by Crippen LogP contribution is -2.55. The molecule has 1 aromatic rings. The Morgan fingerprint density at radius 1 is 0.957 bits per heavy atom. The summed E-state index contributed by atoms with van der Waals surface area (Å²) in [7, 11) is -3.22. The van der Waals surface area contributed by atoms with Crippen molar-refractivity contribution in [2.24, 2.45) is 23.7 Å². The summed E-state index contributed by atoms with van der Waals surface area (Å²) >= 11 is 0. The van der Waals surface area contributed by atoms with Crippen LogP contribution in [0.1, 0.15) is 42.5 Å². The fraction of sp³-hybridized carbons (Fsp3) is 0.611. The lowest BCUT2D eigenvalue weighted by atomic mass is 9.54. The van der Waals surface area contributed by atoms with Crippen LogP contribution in [-0.2, 0) is 9.84 Å². The van der Waals surface area contributed by atoms with Crippen LogP contribution in [0, 0.1) is 23.7 Å². The Balaban J connectivity index is 1.48. The van der Waals surface area contributed by atoms with E-state index >= 15 is 0 Å². The maximum atomic E-state index is 12.5. The molecule has 4 bridgehead atoms. The Kier molecular flexibility index (Phi) is 3.52. The highest BCUT2D eigenvalue weighted by Gasteiger charge is 2.48. The molecule has 4 aliphatic rings. The van der Waals surface area contributed by atoms with Crippen LogP contribution < -0.4 is 5.32 Å². The van der Waals surface area contributed by atoms with Crippen LogP contribution in [0.4, 0.5) is 0 Å². The summed E-state index contributed by atoms with van der Waals surface area (Å²) < 4.78 is 23.0. The Bertz CT molecular complexity index is 695. The molecule has 0 aromatic heterocycles. The first-order valence-electron chi connectivity index (χ1n) is 8.51. The number of amides is 1. The van der Waals surface area contributed by atoms with Crippen molar-refractivity contribution in [2.75, 3.05) is 6.26 Å². The molecule has 1 N–H and O–H groups in total. The topological polar surface area (TPSA) is 63.2 Å². The molecular formula is C18H23NO3S. The SMILES string of the molecule is CS(=O)(=O)c1ccc(C(=O)NC2C3CC4CC(C3)CC2C4)cc1. The van der Waals surface area contributed by atoms with E-state index < -0.39 is 9.84 Å². The Hall–Kier alpha value is -1.36. The molecule has 4 saturated carbocycles. The van der Waals surface area contributed by atoms with Crippen molar-refractivity contribution in [2.45, 2.75) is 43.0 Å². The van der Waals surface area contributed by atoms with Crippen molar-refractivity contribution >= 4 is 15.7 Å². The number of sulfone groups is 1. The Labute approximate surface area is 137 Å². The van der Waals surface area contributed by atoms with Gasteiger partial charge in [-0.05, 0) is 80.0 Å². The number of hydrogen-bond acceptors (Lipinski definition) is 3. The predicted octanol–water partition coefficient (Wildman–Crippen LogP) is 2.64. The minimum absolute atomic E-state index is 0.0671. The molecule has 0 saturated heterocycles. The molecule has 1 aromatic carbocycles. The van der Waals surface area contributed by atoms with Crippen LogP contribution in [-0.4, -0.2) is 26.6 Å². The molecule has 4 nitrogen and oxygen atoms in total. The summed E-state index contributed by atoms with van der Waals surface area (Å²) in [6, 6.07) is 6.57. The van der Waals surface area contributed by atoms with E-state index in [0.29, 0.717) is 23.4 Å². The van der Waals surface area contributed by atoms with E-state index in [0.717, 1.165) is 11.8 Å². The molecule has 0 heterocycles. The van der Waals surface area contributed by atoms with Gasteiger partial charge in [-0.25, -0.2) is 8.42 Å². The summed E-state index contributed by atoms with van der Waals surface area (Å²) in [5.74, 6) is 3.00. The van der Waals surface area contributed by atoms with Gasteiger partial charge in [0.1, 0.15) is 0 Å². The second kappa shape index (κ2) is 5.33. The van der Waals surface area contributed by atoms with Crippen molar-refractivity contribution in [3.05, 3.63) is 29.8 Å². The number of rotatable bonds is 3. The molecule has 0 aliphatic heterocycles. The minimum atomic E-state index is -3.22. The Morgan fingerprint density at radius 2 is 1.48 bits per heavy atom. The number of benzene rings is 1. The maximum Gasteiger partial charge on any atom is 0.251 e. The van der Waals surface area contributed by atoms with Gasteiger partial charge in [-0.1, -0.05) is 0 Å². The molecule has 5 rings (SSSR count). The molecule has 0 spiro atoms. The van der Waals surface area contributed by atoms with Crippen LogP contribution in [0.3, 0.4) is 0 Å². The average molecular weight is 333 g/mol. The van der Waals surface area contributed by atoms with Crippen molar-refractivity contribution in [1.82, 2.24) is 5.32 Å². The van der Waals surface area contributed by atoms with Crippen LogP contribution in [0.15, 0.2) is 29.2 Å². The predicted molar refractivity (Wildman–Crippen MR) is 87.9 cm³/mol. The molecule has 0 unspecified atom stereocenters. The fourth-order valence-corrected chi connectivity index (χ4v) is 5.88. The summed E-state index contributed by atoms with van der Waals surface area (Å²) in [6.45, 7) is 0. The molecule has 4 aliphatic carbocycles. The standard InChI is InChI=1S/C18H23NO3S/c1-23(21,22)16-4-2-13(3-5-16)18(20)19-17-14-7-11-6-12(9-14)10-15(17)8-11/h2-5,11-12,14-15,17H,6-10H2,1H3,(H,19,20). The smallest absolute Gasteiger partial charge is 0.251 e. The van der Waals surface area contributed by atoms with Gasteiger partial charge in [-0.3, -0.25) is 4.79 Å². The summed E-state index contributed by atoms with van der Waals surface area (Å²) in [4.78, 5) is 12.8. The van der Waals surface area contributed by atoms with Crippen LogP contribution in [0.5, 0.6) is 0 Å². The van der Waals surface area contributed by atoms with Gasteiger partial charge < -0.3 is 5.32 Å². The molecule has 0 atom stereocenters. The largest absolute Gasteiger partial charge is 0.349 e. The normalized spacial score (nSPS) is 35.3. The van der Waals surface area contributed by atoms with E-state index in [1.807, 2.05) is 0 Å². The van der Waals surface area contributed by atoms with Crippen molar-refractivity contribution in [1.29, 1.82) is 0 Å². The van der Waals surface area contributed by atoms with E-state index in [1.54, 1.807) is 12.1 Å². The zero-order valence-corrected chi connectivity index (χ0v) is 14.2. The average Bonchev–Trinajstić information content (AvgIpc) is 2.49. The lowest BCUT2D eigenvalue weighted by molar-refractivity contribution is -0.0119. The van der Waals surface area contributed by atoms with Crippen molar-refractivity contribution in [3.8, 4) is 0 Å². The monoisotopic (exact) mass is 333 g/mol. The van der Waals surface area contributed by atoms with Gasteiger partial charge in [0.25, 0.3) is 5.91 Å². The molecule has 124 valence electrons. The zero-order valence-electron chi connectivity index (χ0n) is 13.4. The maximum absolute atomic E-state index is 12.5. The summed E-state index contributed by atoms with van der Waals surface area (Å²) in [5.41, 5.74) is 0.547. The second-order valence-corrected chi connectivity index (χ2v) is 9.74. The highest BCUT2D eigenvalue weighted by atomic mass is 32.2. The molecule has 5 heteroatoms. The first-order chi connectivity index (χ1) is 10.9. The first kappa shape index (κ1) is 15.2. The van der Waals surface area contributed by atoms with E-state index in [-0.39, 0.29) is 10.8 Å². The second-order valence-electron chi connectivity index (χ2n) is 7.73. The van der Waals surface area contributed by atoms with Gasteiger partial charge in [0, 0.05) is 17.9 Å². The zero-order chi connectivity index (χ0) is 16.2. The third-order valence-electron chi connectivity index (χ3n) is 6.07. The molecular weight excluding hydrogens is 310 g/mol. The summed E-state index contributed by atoms with van der Waals surface area (Å²) in [5, 5.41) is 3.25. The number of carbonyl (C=O) groups is 1. The third kappa shape index (κ3) is 2.80. The molecule has 1 amide bonds. The first-order valence-corrected chi connectivity index (χ1v) is 10.4.